The molecule has 7 heteroatoms. The molecule has 38 heavy (non-hydrogen) atoms. The summed E-state index contributed by atoms with van der Waals surface area (Å²) in [6, 6.07) is 21.0. The molecule has 3 aromatic carbocycles. The van der Waals surface area contributed by atoms with Crippen molar-refractivity contribution in [2.24, 2.45) is 11.8 Å². The average Bonchev–Trinajstić information content (AvgIpc) is 3.41. The fourth-order valence-electron chi connectivity index (χ4n) is 5.69. The van der Waals surface area contributed by atoms with Gasteiger partial charge in [0.25, 0.3) is 0 Å². The summed E-state index contributed by atoms with van der Waals surface area (Å²) in [6.07, 6.45) is 5.06. The second-order valence-electron chi connectivity index (χ2n) is 9.79. The molecule has 0 radical (unpaired) electrons. The number of imide groups is 1. The van der Waals surface area contributed by atoms with Gasteiger partial charge >= 0.3 is 0 Å². The van der Waals surface area contributed by atoms with E-state index in [1.165, 1.54) is 4.90 Å². The summed E-state index contributed by atoms with van der Waals surface area (Å²) >= 11 is 6.03. The van der Waals surface area contributed by atoms with E-state index in [9.17, 15) is 19.2 Å². The summed E-state index contributed by atoms with van der Waals surface area (Å²) in [5.41, 5.74) is 2.82. The van der Waals surface area contributed by atoms with Gasteiger partial charge in [-0.1, -0.05) is 65.7 Å². The van der Waals surface area contributed by atoms with Crippen molar-refractivity contribution >= 4 is 40.7 Å². The van der Waals surface area contributed by atoms with E-state index in [4.69, 9.17) is 11.6 Å². The molecule has 3 heterocycles. The van der Waals surface area contributed by atoms with Gasteiger partial charge in [-0.05, 0) is 49.4 Å². The number of hydrogen-bond donors (Lipinski definition) is 0. The molecule has 188 valence electrons. The minimum atomic E-state index is -0.904. The molecule has 0 spiro atoms. The molecule has 4 atom stereocenters. The van der Waals surface area contributed by atoms with Crippen LogP contribution in [-0.2, 0) is 9.59 Å². The molecule has 0 saturated carbocycles. The molecule has 0 N–H and O–H groups in total. The maximum atomic E-state index is 13.9. The Morgan fingerprint density at radius 2 is 1.45 bits per heavy atom. The Morgan fingerprint density at radius 3 is 2.13 bits per heavy atom. The van der Waals surface area contributed by atoms with Crippen LogP contribution in [0.1, 0.15) is 26.3 Å². The number of amides is 2. The molecule has 2 saturated heterocycles. The number of hydrogen-bond acceptors (Lipinski definition) is 5. The normalized spacial score (nSPS) is 23.8. The second-order valence-corrected chi connectivity index (χ2v) is 10.2. The third kappa shape index (κ3) is 3.80. The number of fused-ring (bicyclic) bond motifs is 3. The van der Waals surface area contributed by atoms with Crippen molar-refractivity contribution < 1.29 is 19.2 Å². The number of benzene rings is 3. The highest BCUT2D eigenvalue weighted by Crippen LogP contribution is 2.47. The molecule has 0 aromatic heterocycles. The molecule has 0 aliphatic carbocycles. The van der Waals surface area contributed by atoms with Crippen molar-refractivity contribution in [1.82, 2.24) is 4.90 Å². The fourth-order valence-corrected chi connectivity index (χ4v) is 5.81. The van der Waals surface area contributed by atoms with Crippen LogP contribution in [0.15, 0.2) is 103 Å². The molecular weight excluding hydrogens is 500 g/mol. The minimum Gasteiger partial charge on any atom is -0.359 e. The molecule has 3 aliphatic heterocycles. The first-order chi connectivity index (χ1) is 18.3. The molecule has 3 aromatic rings. The van der Waals surface area contributed by atoms with Gasteiger partial charge in [0.15, 0.2) is 11.6 Å². The van der Waals surface area contributed by atoms with E-state index in [2.05, 4.69) is 0 Å². The van der Waals surface area contributed by atoms with Crippen molar-refractivity contribution in [3.8, 4) is 0 Å². The highest BCUT2D eigenvalue weighted by Gasteiger charge is 2.63. The zero-order chi connectivity index (χ0) is 26.6. The standard InChI is InChI=1S/C31H23ClN2O4/c1-18-7-13-23(14-8-18)34-30(37)25-24-17-21(28(35)19-5-3-2-4-6-19)15-16-33(24)27(26(25)31(34)38)29(36)20-9-11-22(32)12-10-20/h2-17,24-27H,1H3/t24-,25+,26-,27+/m1/s1. The number of ketones is 2. The Hall–Kier alpha value is -4.29. The quantitative estimate of drug-likeness (QED) is 0.347. The van der Waals surface area contributed by atoms with Gasteiger partial charge in [-0.15, -0.1) is 0 Å². The molecule has 6 rings (SSSR count). The van der Waals surface area contributed by atoms with Crippen LogP contribution in [0.2, 0.25) is 5.02 Å². The van der Waals surface area contributed by atoms with E-state index in [-0.39, 0.29) is 17.5 Å². The van der Waals surface area contributed by atoms with E-state index in [0.29, 0.717) is 27.4 Å². The number of carbonyl (C=O) groups excluding carboxylic acids is 4. The van der Waals surface area contributed by atoms with Gasteiger partial charge in [0.1, 0.15) is 6.04 Å². The monoisotopic (exact) mass is 522 g/mol. The Labute approximate surface area is 224 Å². The van der Waals surface area contributed by atoms with Gasteiger partial charge in [-0.3, -0.25) is 19.2 Å². The van der Waals surface area contributed by atoms with Crippen LogP contribution in [0.25, 0.3) is 0 Å². The smallest absolute Gasteiger partial charge is 0.240 e. The Morgan fingerprint density at radius 1 is 0.789 bits per heavy atom. The van der Waals surface area contributed by atoms with Crippen molar-refractivity contribution in [3.63, 3.8) is 0 Å². The van der Waals surface area contributed by atoms with E-state index < -0.39 is 29.8 Å². The van der Waals surface area contributed by atoms with Gasteiger partial charge in [0.2, 0.25) is 11.8 Å². The number of Topliss-reactive ketones (excluding diaryl/α,β-unsaturated/α-hetero) is 2. The second kappa shape index (κ2) is 9.23. The number of rotatable bonds is 5. The molecule has 6 nitrogen and oxygen atoms in total. The summed E-state index contributed by atoms with van der Waals surface area (Å²) in [6.45, 7) is 1.93. The largest absolute Gasteiger partial charge is 0.359 e. The minimum absolute atomic E-state index is 0.183. The number of carbonyl (C=O) groups is 4. The summed E-state index contributed by atoms with van der Waals surface area (Å²) in [5, 5.41) is 0.492. The third-order valence-corrected chi connectivity index (χ3v) is 7.79. The zero-order valence-electron chi connectivity index (χ0n) is 20.5. The van der Waals surface area contributed by atoms with Crippen molar-refractivity contribution in [3.05, 3.63) is 125 Å². The highest BCUT2D eigenvalue weighted by atomic mass is 35.5. The molecule has 0 bridgehead atoms. The van der Waals surface area contributed by atoms with E-state index >= 15 is 0 Å². The number of anilines is 1. The maximum absolute atomic E-state index is 13.9. The number of halogens is 1. The first-order valence-corrected chi connectivity index (χ1v) is 12.7. The Kier molecular flexibility index (Phi) is 5.84. The maximum Gasteiger partial charge on any atom is 0.240 e. The average molecular weight is 523 g/mol. The molecule has 0 unspecified atom stereocenters. The lowest BCUT2D eigenvalue weighted by molar-refractivity contribution is -0.123. The molecule has 2 fully saturated rings. The van der Waals surface area contributed by atoms with Crippen molar-refractivity contribution in [2.75, 3.05) is 4.90 Å². The molecule has 3 aliphatic rings. The number of allylic oxidation sites excluding steroid dienone is 2. The van der Waals surface area contributed by atoms with E-state index in [0.717, 1.165) is 5.56 Å². The molecule has 2 amide bonds. The lowest BCUT2D eigenvalue weighted by Gasteiger charge is -2.32. The molecular formula is C31H23ClN2O4. The zero-order valence-corrected chi connectivity index (χ0v) is 21.2. The first-order valence-electron chi connectivity index (χ1n) is 12.4. The number of nitrogens with zero attached hydrogens (tertiary/aromatic N) is 2. The third-order valence-electron chi connectivity index (χ3n) is 7.54. The summed E-state index contributed by atoms with van der Waals surface area (Å²) < 4.78 is 0. The van der Waals surface area contributed by atoms with Crippen LogP contribution in [0.5, 0.6) is 0 Å². The predicted octanol–water partition coefficient (Wildman–Crippen LogP) is 5.03. The fraction of sp³-hybridized carbons (Fsp3) is 0.161. The lowest BCUT2D eigenvalue weighted by Crippen LogP contribution is -2.46. The van der Waals surface area contributed by atoms with E-state index in [1.807, 2.05) is 25.1 Å². The Balaban J connectivity index is 1.43. The van der Waals surface area contributed by atoms with Crippen molar-refractivity contribution in [2.45, 2.75) is 19.0 Å². The summed E-state index contributed by atoms with van der Waals surface area (Å²) in [7, 11) is 0. The topological polar surface area (TPSA) is 74.8 Å². The van der Waals surface area contributed by atoms with Gasteiger partial charge in [-0.25, -0.2) is 4.90 Å². The van der Waals surface area contributed by atoms with Crippen molar-refractivity contribution in [1.29, 1.82) is 0 Å². The van der Waals surface area contributed by atoms with Crippen LogP contribution in [0.3, 0.4) is 0 Å². The van der Waals surface area contributed by atoms with Gasteiger partial charge in [0.05, 0.1) is 23.6 Å². The van der Waals surface area contributed by atoms with Crippen LogP contribution < -0.4 is 4.90 Å². The first kappa shape index (κ1) is 24.1. The highest BCUT2D eigenvalue weighted by molar-refractivity contribution is 6.30. The van der Waals surface area contributed by atoms with Crippen LogP contribution in [0.4, 0.5) is 5.69 Å². The summed E-state index contributed by atoms with van der Waals surface area (Å²) in [4.78, 5) is 57.7. The van der Waals surface area contributed by atoms with Crippen LogP contribution >= 0.6 is 11.6 Å². The van der Waals surface area contributed by atoms with E-state index in [1.54, 1.807) is 83.9 Å². The number of aryl methyl sites for hydroxylation is 1. The van der Waals surface area contributed by atoms with Gasteiger partial charge in [-0.2, -0.15) is 0 Å². The summed E-state index contributed by atoms with van der Waals surface area (Å²) in [5.74, 6) is -2.95. The Bertz CT molecular complexity index is 1530. The van der Waals surface area contributed by atoms with Crippen LogP contribution in [-0.4, -0.2) is 40.4 Å². The SMILES string of the molecule is Cc1ccc(N2C(=O)[C@@H]3[C@@H](C2=O)[C@@H](C(=O)c2ccc(Cl)cc2)N2C=CC(C(=O)c4ccccc4)=C[C@H]32)cc1. The van der Waals surface area contributed by atoms with Gasteiger partial charge in [0, 0.05) is 27.9 Å². The predicted molar refractivity (Wildman–Crippen MR) is 144 cm³/mol. The van der Waals surface area contributed by atoms with Gasteiger partial charge < -0.3 is 4.90 Å². The lowest BCUT2D eigenvalue weighted by atomic mass is 9.85. The van der Waals surface area contributed by atoms with Crippen LogP contribution in [0, 0.1) is 18.8 Å².